The third kappa shape index (κ3) is 2.63. The maximum absolute atomic E-state index is 12.9. The van der Waals surface area contributed by atoms with Gasteiger partial charge in [0, 0.05) is 24.1 Å². The number of hydrogen-bond donors (Lipinski definition) is 1. The van der Waals surface area contributed by atoms with Gasteiger partial charge in [0.15, 0.2) is 0 Å². The Hall–Kier alpha value is -1.63. The van der Waals surface area contributed by atoms with E-state index in [0.29, 0.717) is 24.5 Å². The fourth-order valence-corrected chi connectivity index (χ4v) is 2.85. The number of nitrogens with two attached hydrogens (primary N) is 1. The molecule has 0 aromatic heterocycles. The van der Waals surface area contributed by atoms with Gasteiger partial charge in [0.1, 0.15) is 0 Å². The van der Waals surface area contributed by atoms with Crippen molar-refractivity contribution < 1.29 is 18.1 Å². The molecule has 1 saturated carbocycles. The van der Waals surface area contributed by atoms with Crippen molar-refractivity contribution in [2.75, 3.05) is 6.54 Å². The molecule has 110 valence electrons. The Balaban J connectivity index is 2.57. The molecule has 0 radical (unpaired) electrons. The second-order valence-corrected chi connectivity index (χ2v) is 5.21. The lowest BCUT2D eigenvalue weighted by Crippen LogP contribution is -2.32. The van der Waals surface area contributed by atoms with Crippen LogP contribution in [0.5, 0.6) is 0 Å². The van der Waals surface area contributed by atoms with E-state index in [2.05, 4.69) is 0 Å². The first-order valence-corrected chi connectivity index (χ1v) is 6.36. The summed E-state index contributed by atoms with van der Waals surface area (Å²) in [6, 6.07) is 2.81. The molecular formula is C13H15F3N2O2. The Kier molecular flexibility index (Phi) is 3.73. The Morgan fingerprint density at radius 1 is 1.25 bits per heavy atom. The van der Waals surface area contributed by atoms with E-state index in [9.17, 15) is 23.3 Å². The highest BCUT2D eigenvalue weighted by atomic mass is 19.4. The Morgan fingerprint density at radius 2 is 1.85 bits per heavy atom. The van der Waals surface area contributed by atoms with Crippen molar-refractivity contribution >= 4 is 5.69 Å². The first-order valence-electron chi connectivity index (χ1n) is 6.36. The van der Waals surface area contributed by atoms with Gasteiger partial charge in [0.05, 0.1) is 10.5 Å². The summed E-state index contributed by atoms with van der Waals surface area (Å²) in [5.74, 6) is 0. The van der Waals surface area contributed by atoms with Crippen LogP contribution in [0.25, 0.3) is 0 Å². The third-order valence-electron chi connectivity index (χ3n) is 4.02. The highest BCUT2D eigenvalue weighted by molar-refractivity contribution is 5.44. The Bertz CT molecular complexity index is 523. The summed E-state index contributed by atoms with van der Waals surface area (Å²) in [4.78, 5) is 10.1. The summed E-state index contributed by atoms with van der Waals surface area (Å²) < 4.78 is 38.6. The molecule has 1 aliphatic rings. The number of alkyl halides is 3. The lowest BCUT2D eigenvalue weighted by atomic mass is 9.78. The molecule has 1 fully saturated rings. The van der Waals surface area contributed by atoms with Gasteiger partial charge in [-0.2, -0.15) is 13.2 Å². The van der Waals surface area contributed by atoms with Gasteiger partial charge in [0.2, 0.25) is 0 Å². The Morgan fingerprint density at radius 3 is 2.30 bits per heavy atom. The van der Waals surface area contributed by atoms with Gasteiger partial charge in [-0.3, -0.25) is 10.1 Å². The minimum absolute atomic E-state index is 0.200. The normalized spacial score (nSPS) is 18.2. The van der Waals surface area contributed by atoms with Gasteiger partial charge >= 0.3 is 6.18 Å². The fraction of sp³-hybridized carbons (Fsp3) is 0.538. The van der Waals surface area contributed by atoms with Gasteiger partial charge in [-0.05, 0) is 24.5 Å². The minimum Gasteiger partial charge on any atom is -0.330 e. The van der Waals surface area contributed by atoms with Crippen LogP contribution in [0, 0.1) is 10.1 Å². The molecule has 0 saturated heterocycles. The molecule has 0 bridgehead atoms. The molecule has 2 rings (SSSR count). The van der Waals surface area contributed by atoms with E-state index < -0.39 is 27.8 Å². The fourth-order valence-electron chi connectivity index (χ4n) is 2.85. The first-order chi connectivity index (χ1) is 9.28. The molecule has 0 atom stereocenters. The van der Waals surface area contributed by atoms with Crippen molar-refractivity contribution in [3.8, 4) is 0 Å². The zero-order chi connectivity index (χ0) is 15.0. The van der Waals surface area contributed by atoms with Crippen LogP contribution in [0.4, 0.5) is 18.9 Å². The van der Waals surface area contributed by atoms with E-state index in [1.807, 2.05) is 0 Å². The highest BCUT2D eigenvalue weighted by Crippen LogP contribution is 2.43. The average molecular weight is 288 g/mol. The maximum Gasteiger partial charge on any atom is 0.416 e. The lowest BCUT2D eigenvalue weighted by Gasteiger charge is -2.28. The predicted molar refractivity (Wildman–Crippen MR) is 67.3 cm³/mol. The van der Waals surface area contributed by atoms with E-state index in [1.165, 1.54) is 6.07 Å². The molecule has 1 aliphatic carbocycles. The van der Waals surface area contributed by atoms with Gasteiger partial charge in [-0.25, -0.2) is 0 Å². The molecule has 2 N–H and O–H groups in total. The van der Waals surface area contributed by atoms with Crippen LogP contribution in [0.3, 0.4) is 0 Å². The van der Waals surface area contributed by atoms with Crippen LogP contribution in [0.1, 0.15) is 36.8 Å². The standard InChI is InChI=1S/C13H15F3N2O2/c14-13(15,16)10-5-9(6-11(7-10)18(19)20)12(8-17)3-1-2-4-12/h5-7H,1-4,8,17H2. The van der Waals surface area contributed by atoms with E-state index in [-0.39, 0.29) is 6.54 Å². The largest absolute Gasteiger partial charge is 0.416 e. The van der Waals surface area contributed by atoms with Crippen molar-refractivity contribution in [3.05, 3.63) is 39.4 Å². The number of nitro benzene ring substituents is 1. The summed E-state index contributed by atoms with van der Waals surface area (Å²) in [6.45, 7) is 0.200. The zero-order valence-electron chi connectivity index (χ0n) is 10.7. The van der Waals surface area contributed by atoms with Gasteiger partial charge in [0.25, 0.3) is 5.69 Å². The maximum atomic E-state index is 12.9. The summed E-state index contributed by atoms with van der Waals surface area (Å²) in [7, 11) is 0. The molecule has 0 heterocycles. The quantitative estimate of drug-likeness (QED) is 0.684. The average Bonchev–Trinajstić information content (AvgIpc) is 2.87. The number of halogens is 3. The molecule has 0 amide bonds. The molecule has 4 nitrogen and oxygen atoms in total. The van der Waals surface area contributed by atoms with Crippen LogP contribution in [-0.4, -0.2) is 11.5 Å². The van der Waals surface area contributed by atoms with Crippen molar-refractivity contribution in [1.82, 2.24) is 0 Å². The smallest absolute Gasteiger partial charge is 0.330 e. The van der Waals surface area contributed by atoms with Gasteiger partial charge < -0.3 is 5.73 Å². The minimum atomic E-state index is -4.60. The number of rotatable bonds is 3. The second-order valence-electron chi connectivity index (χ2n) is 5.21. The van der Waals surface area contributed by atoms with Crippen LogP contribution < -0.4 is 5.73 Å². The van der Waals surface area contributed by atoms with Crippen molar-refractivity contribution in [2.45, 2.75) is 37.3 Å². The van der Waals surface area contributed by atoms with Gasteiger partial charge in [-0.15, -0.1) is 0 Å². The summed E-state index contributed by atoms with van der Waals surface area (Å²) in [6.07, 6.45) is -1.51. The van der Waals surface area contributed by atoms with Gasteiger partial charge in [-0.1, -0.05) is 12.8 Å². The first kappa shape index (κ1) is 14.8. The second kappa shape index (κ2) is 5.05. The molecule has 0 unspecified atom stereocenters. The van der Waals surface area contributed by atoms with E-state index in [0.717, 1.165) is 18.9 Å². The van der Waals surface area contributed by atoms with Crippen LogP contribution in [0.15, 0.2) is 18.2 Å². The van der Waals surface area contributed by atoms with Crippen molar-refractivity contribution in [1.29, 1.82) is 0 Å². The lowest BCUT2D eigenvalue weighted by molar-refractivity contribution is -0.385. The Labute approximate surface area is 113 Å². The van der Waals surface area contributed by atoms with Crippen molar-refractivity contribution in [3.63, 3.8) is 0 Å². The molecular weight excluding hydrogens is 273 g/mol. The number of nitrogens with zero attached hydrogens (tertiary/aromatic N) is 1. The third-order valence-corrected chi connectivity index (χ3v) is 4.02. The predicted octanol–water partition coefficient (Wildman–Crippen LogP) is 3.38. The van der Waals surface area contributed by atoms with Crippen LogP contribution in [-0.2, 0) is 11.6 Å². The molecule has 0 spiro atoms. The van der Waals surface area contributed by atoms with Crippen LogP contribution >= 0.6 is 0 Å². The molecule has 20 heavy (non-hydrogen) atoms. The van der Waals surface area contributed by atoms with E-state index in [1.54, 1.807) is 0 Å². The number of nitro groups is 1. The molecule has 1 aromatic rings. The van der Waals surface area contributed by atoms with Crippen LogP contribution in [0.2, 0.25) is 0 Å². The van der Waals surface area contributed by atoms with E-state index >= 15 is 0 Å². The number of hydrogen-bond acceptors (Lipinski definition) is 3. The highest BCUT2D eigenvalue weighted by Gasteiger charge is 2.39. The van der Waals surface area contributed by atoms with E-state index in [4.69, 9.17) is 5.73 Å². The van der Waals surface area contributed by atoms with Crippen molar-refractivity contribution in [2.24, 2.45) is 5.73 Å². The molecule has 0 aliphatic heterocycles. The summed E-state index contributed by atoms with van der Waals surface area (Å²) in [5, 5.41) is 10.8. The molecule has 1 aromatic carbocycles. The summed E-state index contributed by atoms with van der Waals surface area (Å²) in [5.41, 5.74) is 3.99. The zero-order valence-corrected chi connectivity index (χ0v) is 10.7. The number of non-ortho nitro benzene ring substituents is 1. The SMILES string of the molecule is NCC1(c2cc([N+](=O)[O-])cc(C(F)(F)F)c2)CCCC1. The topological polar surface area (TPSA) is 69.2 Å². The number of benzene rings is 1. The molecule has 7 heteroatoms. The monoisotopic (exact) mass is 288 g/mol. The summed E-state index contributed by atoms with van der Waals surface area (Å²) >= 11 is 0.